The Bertz CT molecular complexity index is 564. The van der Waals surface area contributed by atoms with E-state index in [4.69, 9.17) is 4.42 Å². The highest BCUT2D eigenvalue weighted by Gasteiger charge is 2.07. The summed E-state index contributed by atoms with van der Waals surface area (Å²) in [5.74, 6) is 0.0392. The predicted molar refractivity (Wildman–Crippen MR) is 78.8 cm³/mol. The van der Waals surface area contributed by atoms with Gasteiger partial charge in [-0.05, 0) is 24.1 Å². The summed E-state index contributed by atoms with van der Waals surface area (Å²) in [5.41, 5.74) is 0.987. The van der Waals surface area contributed by atoms with Crippen LogP contribution in [0.5, 0.6) is 0 Å². The topological polar surface area (TPSA) is 71.3 Å². The van der Waals surface area contributed by atoms with Crippen LogP contribution in [0.15, 0.2) is 53.1 Å². The van der Waals surface area contributed by atoms with Gasteiger partial charge in [0.25, 0.3) is 5.91 Å². The maximum absolute atomic E-state index is 11.7. The predicted octanol–water partition coefficient (Wildman–Crippen LogP) is 1.76. The lowest BCUT2D eigenvalue weighted by Gasteiger charge is -2.06. The van der Waals surface area contributed by atoms with Crippen LogP contribution in [0.3, 0.4) is 0 Å². The fourth-order valence-corrected chi connectivity index (χ4v) is 1.86. The zero-order valence-corrected chi connectivity index (χ0v) is 11.7. The molecule has 0 aliphatic heterocycles. The van der Waals surface area contributed by atoms with E-state index in [1.165, 1.54) is 6.26 Å². The molecular formula is C16H18N2O3. The van der Waals surface area contributed by atoms with Crippen LogP contribution in [-0.2, 0) is 11.2 Å². The van der Waals surface area contributed by atoms with Crippen LogP contribution in [0, 0.1) is 0 Å². The molecule has 0 saturated heterocycles. The van der Waals surface area contributed by atoms with Crippen molar-refractivity contribution in [1.29, 1.82) is 0 Å². The van der Waals surface area contributed by atoms with Gasteiger partial charge < -0.3 is 15.1 Å². The van der Waals surface area contributed by atoms with Gasteiger partial charge in [0.15, 0.2) is 5.76 Å². The second-order valence-electron chi connectivity index (χ2n) is 4.60. The smallest absolute Gasteiger partial charge is 0.286 e. The Morgan fingerprint density at radius 2 is 1.71 bits per heavy atom. The molecule has 2 N–H and O–H groups in total. The van der Waals surface area contributed by atoms with Gasteiger partial charge in [-0.3, -0.25) is 9.59 Å². The van der Waals surface area contributed by atoms with Gasteiger partial charge in [0.1, 0.15) is 0 Å². The van der Waals surface area contributed by atoms with Crippen LogP contribution in [0.4, 0.5) is 0 Å². The Morgan fingerprint density at radius 1 is 0.952 bits per heavy atom. The monoisotopic (exact) mass is 286 g/mol. The molecule has 0 aliphatic rings. The molecule has 1 aromatic carbocycles. The van der Waals surface area contributed by atoms with Crippen LogP contribution in [0.25, 0.3) is 0 Å². The summed E-state index contributed by atoms with van der Waals surface area (Å²) >= 11 is 0. The first-order valence-electron chi connectivity index (χ1n) is 6.88. The number of carbonyl (C=O) groups is 2. The summed E-state index contributed by atoms with van der Waals surface area (Å²) in [5, 5.41) is 5.55. The van der Waals surface area contributed by atoms with Crippen molar-refractivity contribution in [3.05, 3.63) is 60.1 Å². The van der Waals surface area contributed by atoms with Crippen molar-refractivity contribution >= 4 is 11.8 Å². The summed E-state index contributed by atoms with van der Waals surface area (Å²) in [7, 11) is 0. The molecule has 21 heavy (non-hydrogen) atoms. The Hall–Kier alpha value is -2.56. The Balaban J connectivity index is 1.57. The highest BCUT2D eigenvalue weighted by molar-refractivity contribution is 5.91. The molecule has 2 aromatic rings. The van der Waals surface area contributed by atoms with E-state index in [0.717, 1.165) is 5.56 Å². The molecule has 1 aromatic heterocycles. The normalized spacial score (nSPS) is 10.1. The third-order valence-electron chi connectivity index (χ3n) is 2.91. The molecule has 2 rings (SSSR count). The molecule has 0 spiro atoms. The van der Waals surface area contributed by atoms with E-state index in [2.05, 4.69) is 10.6 Å². The SMILES string of the molecule is O=C(Cc1ccccc1)NCCCNC(=O)c1ccco1. The molecule has 5 heteroatoms. The lowest BCUT2D eigenvalue weighted by atomic mass is 10.1. The number of benzene rings is 1. The minimum atomic E-state index is -0.240. The zero-order chi connectivity index (χ0) is 14.9. The third kappa shape index (κ3) is 5.14. The molecule has 0 bridgehead atoms. The molecule has 1 heterocycles. The summed E-state index contributed by atoms with van der Waals surface area (Å²) in [6.45, 7) is 1.02. The van der Waals surface area contributed by atoms with Crippen LogP contribution in [0.1, 0.15) is 22.5 Å². The van der Waals surface area contributed by atoms with Crippen molar-refractivity contribution in [3.8, 4) is 0 Å². The number of furan rings is 1. The Labute approximate surface area is 123 Å². The van der Waals surface area contributed by atoms with Gasteiger partial charge in [-0.2, -0.15) is 0 Å². The summed E-state index contributed by atoms with van der Waals surface area (Å²) in [6, 6.07) is 12.9. The fraction of sp³-hybridized carbons (Fsp3) is 0.250. The average molecular weight is 286 g/mol. The molecule has 0 radical (unpaired) electrons. The highest BCUT2D eigenvalue weighted by atomic mass is 16.3. The van der Waals surface area contributed by atoms with E-state index in [1.54, 1.807) is 12.1 Å². The minimum Gasteiger partial charge on any atom is -0.459 e. The van der Waals surface area contributed by atoms with Crippen molar-refractivity contribution in [2.24, 2.45) is 0 Å². The van der Waals surface area contributed by atoms with Gasteiger partial charge in [-0.15, -0.1) is 0 Å². The first-order valence-corrected chi connectivity index (χ1v) is 6.88. The molecule has 0 fully saturated rings. The summed E-state index contributed by atoms with van der Waals surface area (Å²) < 4.78 is 4.98. The lowest BCUT2D eigenvalue weighted by Crippen LogP contribution is -2.30. The van der Waals surface area contributed by atoms with Crippen LogP contribution >= 0.6 is 0 Å². The van der Waals surface area contributed by atoms with Crippen molar-refractivity contribution < 1.29 is 14.0 Å². The van der Waals surface area contributed by atoms with E-state index in [1.807, 2.05) is 30.3 Å². The number of nitrogens with one attached hydrogen (secondary N) is 2. The minimum absolute atomic E-state index is 0.0152. The first kappa shape index (κ1) is 14.8. The largest absolute Gasteiger partial charge is 0.459 e. The lowest BCUT2D eigenvalue weighted by molar-refractivity contribution is -0.120. The Kier molecular flexibility index (Phi) is 5.58. The van der Waals surface area contributed by atoms with Crippen molar-refractivity contribution in [2.75, 3.05) is 13.1 Å². The third-order valence-corrected chi connectivity index (χ3v) is 2.91. The molecule has 0 unspecified atom stereocenters. The molecule has 5 nitrogen and oxygen atoms in total. The Morgan fingerprint density at radius 3 is 2.43 bits per heavy atom. The van der Waals surface area contributed by atoms with E-state index in [-0.39, 0.29) is 11.8 Å². The van der Waals surface area contributed by atoms with E-state index < -0.39 is 0 Å². The number of carbonyl (C=O) groups excluding carboxylic acids is 2. The number of rotatable bonds is 7. The summed E-state index contributed by atoms with van der Waals surface area (Å²) in [6.07, 6.45) is 2.51. The quantitative estimate of drug-likeness (QED) is 0.762. The maximum Gasteiger partial charge on any atom is 0.286 e. The van der Waals surface area contributed by atoms with Gasteiger partial charge in [-0.1, -0.05) is 30.3 Å². The van der Waals surface area contributed by atoms with Gasteiger partial charge in [0, 0.05) is 13.1 Å². The summed E-state index contributed by atoms with van der Waals surface area (Å²) in [4.78, 5) is 23.2. The molecule has 2 amide bonds. The van der Waals surface area contributed by atoms with Crippen molar-refractivity contribution in [2.45, 2.75) is 12.8 Å². The van der Waals surface area contributed by atoms with Crippen molar-refractivity contribution in [1.82, 2.24) is 10.6 Å². The van der Waals surface area contributed by atoms with Crippen LogP contribution in [-0.4, -0.2) is 24.9 Å². The number of hydrogen-bond acceptors (Lipinski definition) is 3. The second kappa shape index (κ2) is 7.89. The number of hydrogen-bond donors (Lipinski definition) is 2. The van der Waals surface area contributed by atoms with Crippen molar-refractivity contribution in [3.63, 3.8) is 0 Å². The number of amides is 2. The molecular weight excluding hydrogens is 268 g/mol. The van der Waals surface area contributed by atoms with E-state index >= 15 is 0 Å². The van der Waals surface area contributed by atoms with E-state index in [0.29, 0.717) is 31.7 Å². The zero-order valence-electron chi connectivity index (χ0n) is 11.7. The standard InChI is InChI=1S/C16H18N2O3/c19-15(12-13-6-2-1-3-7-13)17-9-5-10-18-16(20)14-8-4-11-21-14/h1-4,6-8,11H,5,9-10,12H2,(H,17,19)(H,18,20). The molecule has 0 atom stereocenters. The average Bonchev–Trinajstić information content (AvgIpc) is 3.02. The molecule has 0 saturated carbocycles. The molecule has 0 aliphatic carbocycles. The van der Waals surface area contributed by atoms with Gasteiger partial charge in [-0.25, -0.2) is 0 Å². The molecule has 110 valence electrons. The maximum atomic E-state index is 11.7. The second-order valence-corrected chi connectivity index (χ2v) is 4.60. The highest BCUT2D eigenvalue weighted by Crippen LogP contribution is 2.00. The van der Waals surface area contributed by atoms with Crippen LogP contribution in [0.2, 0.25) is 0 Å². The van der Waals surface area contributed by atoms with E-state index in [9.17, 15) is 9.59 Å². The van der Waals surface area contributed by atoms with Gasteiger partial charge in [0.05, 0.1) is 12.7 Å². The van der Waals surface area contributed by atoms with Gasteiger partial charge >= 0.3 is 0 Å². The van der Waals surface area contributed by atoms with Crippen LogP contribution < -0.4 is 10.6 Å². The van der Waals surface area contributed by atoms with Gasteiger partial charge in [0.2, 0.25) is 5.91 Å². The fourth-order valence-electron chi connectivity index (χ4n) is 1.86. The first-order chi connectivity index (χ1) is 10.3.